The summed E-state index contributed by atoms with van der Waals surface area (Å²) in [6.45, 7) is 11.2. The van der Waals surface area contributed by atoms with Crippen molar-refractivity contribution in [2.75, 3.05) is 11.9 Å². The number of nitrogens with zero attached hydrogens (tertiary/aromatic N) is 2. The van der Waals surface area contributed by atoms with Crippen molar-refractivity contribution in [3.63, 3.8) is 0 Å². The van der Waals surface area contributed by atoms with Crippen molar-refractivity contribution in [2.24, 2.45) is 5.92 Å². The molecule has 1 aromatic rings. The summed E-state index contributed by atoms with van der Waals surface area (Å²) in [5.41, 5.74) is 0.924. The lowest BCUT2D eigenvalue weighted by Gasteiger charge is -2.22. The molecule has 4 heteroatoms. The van der Waals surface area contributed by atoms with E-state index in [1.807, 2.05) is 19.9 Å². The fourth-order valence-corrected chi connectivity index (χ4v) is 2.14. The summed E-state index contributed by atoms with van der Waals surface area (Å²) < 4.78 is 5.43. The quantitative estimate of drug-likeness (QED) is 0.806. The Morgan fingerprint density at radius 3 is 2.44 bits per heavy atom. The van der Waals surface area contributed by atoms with Crippen molar-refractivity contribution in [3.05, 3.63) is 11.8 Å². The smallest absolute Gasteiger partial charge is 0.226 e. The van der Waals surface area contributed by atoms with Crippen molar-refractivity contribution in [2.45, 2.75) is 53.5 Å². The monoisotopic (exact) mass is 251 g/mol. The number of anilines is 1. The van der Waals surface area contributed by atoms with E-state index < -0.39 is 0 Å². The van der Waals surface area contributed by atoms with E-state index in [0.717, 1.165) is 18.5 Å². The van der Waals surface area contributed by atoms with E-state index in [9.17, 15) is 0 Å². The topological polar surface area (TPSA) is 47.0 Å². The molecule has 0 radical (unpaired) electrons. The van der Waals surface area contributed by atoms with Crippen molar-refractivity contribution >= 4 is 5.95 Å². The van der Waals surface area contributed by atoms with Crippen LogP contribution in [0, 0.1) is 12.8 Å². The van der Waals surface area contributed by atoms with Gasteiger partial charge in [-0.05, 0) is 26.7 Å². The summed E-state index contributed by atoms with van der Waals surface area (Å²) in [4.78, 5) is 8.77. The molecule has 0 saturated heterocycles. The summed E-state index contributed by atoms with van der Waals surface area (Å²) >= 11 is 0. The Balaban J connectivity index is 2.77. The highest BCUT2D eigenvalue weighted by Crippen LogP contribution is 2.18. The minimum absolute atomic E-state index is 0.372. The van der Waals surface area contributed by atoms with Crippen molar-refractivity contribution in [1.82, 2.24) is 9.97 Å². The number of hydrogen-bond donors (Lipinski definition) is 1. The van der Waals surface area contributed by atoms with E-state index >= 15 is 0 Å². The predicted molar refractivity (Wildman–Crippen MR) is 75.1 cm³/mol. The van der Waals surface area contributed by atoms with Gasteiger partial charge in [-0.1, -0.05) is 26.7 Å². The summed E-state index contributed by atoms with van der Waals surface area (Å²) in [5.74, 6) is 1.95. The van der Waals surface area contributed by atoms with Crippen LogP contribution in [0.25, 0.3) is 0 Å². The second kappa shape index (κ2) is 7.19. The number of rotatable bonds is 7. The van der Waals surface area contributed by atoms with Gasteiger partial charge in [0.15, 0.2) is 0 Å². The molecule has 1 atom stereocenters. The van der Waals surface area contributed by atoms with Crippen LogP contribution in [0.3, 0.4) is 0 Å². The third-order valence-corrected chi connectivity index (χ3v) is 3.24. The Morgan fingerprint density at radius 1 is 1.22 bits per heavy atom. The van der Waals surface area contributed by atoms with Crippen molar-refractivity contribution in [1.29, 1.82) is 0 Å². The zero-order valence-electron chi connectivity index (χ0n) is 12.2. The largest absolute Gasteiger partial charge is 0.478 e. The molecule has 0 amide bonds. The lowest BCUT2D eigenvalue weighted by molar-refractivity contribution is 0.326. The Hall–Kier alpha value is -1.32. The van der Waals surface area contributed by atoms with Gasteiger partial charge in [0.2, 0.25) is 11.8 Å². The van der Waals surface area contributed by atoms with E-state index in [0.29, 0.717) is 30.4 Å². The average Bonchev–Trinajstić information content (AvgIpc) is 2.30. The molecule has 1 heterocycles. The highest BCUT2D eigenvalue weighted by atomic mass is 16.5. The van der Waals surface area contributed by atoms with Crippen molar-refractivity contribution < 1.29 is 4.74 Å². The van der Waals surface area contributed by atoms with E-state index in [2.05, 4.69) is 36.1 Å². The van der Waals surface area contributed by atoms with Gasteiger partial charge in [-0.2, -0.15) is 4.98 Å². The molecule has 0 aliphatic heterocycles. The van der Waals surface area contributed by atoms with Crippen LogP contribution in [0.2, 0.25) is 0 Å². The summed E-state index contributed by atoms with van der Waals surface area (Å²) in [5, 5.41) is 3.38. The van der Waals surface area contributed by atoms with Crippen LogP contribution < -0.4 is 10.1 Å². The molecule has 0 fully saturated rings. The highest BCUT2D eigenvalue weighted by Gasteiger charge is 2.14. The minimum atomic E-state index is 0.372. The van der Waals surface area contributed by atoms with Crippen LogP contribution in [0.15, 0.2) is 6.07 Å². The van der Waals surface area contributed by atoms with Gasteiger partial charge in [-0.15, -0.1) is 0 Å². The minimum Gasteiger partial charge on any atom is -0.478 e. The molecule has 1 N–H and O–H groups in total. The molecule has 18 heavy (non-hydrogen) atoms. The first-order chi connectivity index (χ1) is 8.60. The van der Waals surface area contributed by atoms with Crippen LogP contribution in [-0.4, -0.2) is 22.6 Å². The lowest BCUT2D eigenvalue weighted by atomic mass is 9.96. The van der Waals surface area contributed by atoms with E-state index in [1.165, 1.54) is 0 Å². The Labute approximate surface area is 110 Å². The van der Waals surface area contributed by atoms with Gasteiger partial charge in [-0.25, -0.2) is 4.98 Å². The van der Waals surface area contributed by atoms with Gasteiger partial charge >= 0.3 is 0 Å². The van der Waals surface area contributed by atoms with E-state index in [-0.39, 0.29) is 0 Å². The number of nitrogens with one attached hydrogen (secondary N) is 1. The predicted octanol–water partition coefficient (Wildman–Crippen LogP) is 3.42. The molecular formula is C14H25N3O. The van der Waals surface area contributed by atoms with Crippen LogP contribution in [0.5, 0.6) is 5.88 Å². The van der Waals surface area contributed by atoms with Gasteiger partial charge in [0.1, 0.15) is 0 Å². The molecule has 102 valence electrons. The van der Waals surface area contributed by atoms with Gasteiger partial charge in [0.25, 0.3) is 0 Å². The Morgan fingerprint density at radius 2 is 1.89 bits per heavy atom. The van der Waals surface area contributed by atoms with Crippen LogP contribution in [0.1, 0.15) is 46.2 Å². The fourth-order valence-electron chi connectivity index (χ4n) is 2.14. The maximum Gasteiger partial charge on any atom is 0.226 e. The molecule has 1 rings (SSSR count). The number of ether oxygens (including phenoxy) is 1. The third-order valence-electron chi connectivity index (χ3n) is 3.24. The van der Waals surface area contributed by atoms with Crippen LogP contribution in [0.4, 0.5) is 5.95 Å². The fraction of sp³-hybridized carbons (Fsp3) is 0.714. The van der Waals surface area contributed by atoms with Gasteiger partial charge in [-0.3, -0.25) is 0 Å². The molecule has 4 nitrogen and oxygen atoms in total. The number of aromatic nitrogens is 2. The first-order valence-corrected chi connectivity index (χ1v) is 6.85. The van der Waals surface area contributed by atoms with Gasteiger partial charge < -0.3 is 10.1 Å². The molecular weight excluding hydrogens is 226 g/mol. The van der Waals surface area contributed by atoms with Gasteiger partial charge in [0, 0.05) is 17.8 Å². The first-order valence-electron chi connectivity index (χ1n) is 6.85. The standard InChI is InChI=1S/C14H25N3O/c1-6-12(7-2)11(5)16-14-15-10(4)9-13(17-14)18-8-3/h9,11-12H,6-8H2,1-5H3,(H,15,16,17). The molecule has 0 saturated carbocycles. The summed E-state index contributed by atoms with van der Waals surface area (Å²) in [7, 11) is 0. The first kappa shape index (κ1) is 14.7. The average molecular weight is 251 g/mol. The second-order valence-electron chi connectivity index (χ2n) is 4.61. The van der Waals surface area contributed by atoms with E-state index in [1.54, 1.807) is 0 Å². The number of hydrogen-bond acceptors (Lipinski definition) is 4. The maximum atomic E-state index is 5.43. The summed E-state index contributed by atoms with van der Waals surface area (Å²) in [6, 6.07) is 2.23. The Bertz CT molecular complexity index is 364. The molecule has 0 aliphatic carbocycles. The highest BCUT2D eigenvalue weighted by molar-refractivity contribution is 5.31. The number of aryl methyl sites for hydroxylation is 1. The second-order valence-corrected chi connectivity index (χ2v) is 4.61. The summed E-state index contributed by atoms with van der Waals surface area (Å²) in [6.07, 6.45) is 2.32. The van der Waals surface area contributed by atoms with Crippen LogP contribution >= 0.6 is 0 Å². The molecule has 1 aromatic heterocycles. The zero-order chi connectivity index (χ0) is 13.5. The molecule has 0 bridgehead atoms. The van der Waals surface area contributed by atoms with Gasteiger partial charge in [0.05, 0.1) is 6.61 Å². The molecule has 1 unspecified atom stereocenters. The molecule has 0 spiro atoms. The third kappa shape index (κ3) is 4.17. The van der Waals surface area contributed by atoms with E-state index in [4.69, 9.17) is 4.74 Å². The maximum absolute atomic E-state index is 5.43. The van der Waals surface area contributed by atoms with Crippen LogP contribution in [-0.2, 0) is 0 Å². The molecule has 0 aliphatic rings. The van der Waals surface area contributed by atoms with Crippen molar-refractivity contribution in [3.8, 4) is 5.88 Å². The SMILES string of the molecule is CCOc1cc(C)nc(NC(C)C(CC)CC)n1. The Kier molecular flexibility index (Phi) is 5.89. The normalized spacial score (nSPS) is 12.6. The zero-order valence-corrected chi connectivity index (χ0v) is 12.2. The molecule has 0 aromatic carbocycles. The lowest BCUT2D eigenvalue weighted by Crippen LogP contribution is -2.26.